The first-order chi connectivity index (χ1) is 14.5. The fourth-order valence-corrected chi connectivity index (χ4v) is 4.45. The molecule has 4 rings (SSSR count). The lowest BCUT2D eigenvalue weighted by atomic mass is 9.96. The predicted molar refractivity (Wildman–Crippen MR) is 109 cm³/mol. The summed E-state index contributed by atoms with van der Waals surface area (Å²) in [7, 11) is -3.76. The van der Waals surface area contributed by atoms with Gasteiger partial charge in [-0.1, -0.05) is 30.3 Å². The van der Waals surface area contributed by atoms with Crippen molar-refractivity contribution in [1.29, 1.82) is 0 Å². The van der Waals surface area contributed by atoms with Gasteiger partial charge < -0.3 is 0 Å². The van der Waals surface area contributed by atoms with Crippen LogP contribution < -0.4 is 10.2 Å². The topological polar surface area (TPSA) is 62.3 Å². The fourth-order valence-electron chi connectivity index (χ4n) is 3.79. The molecule has 0 saturated carbocycles. The molecule has 1 aliphatic heterocycles. The van der Waals surface area contributed by atoms with E-state index in [0.29, 0.717) is 21.5 Å². The fraction of sp³-hybridized carbons (Fsp3) is 0.286. The minimum absolute atomic E-state index is 0.102. The van der Waals surface area contributed by atoms with E-state index in [4.69, 9.17) is 0 Å². The number of pyridine rings is 1. The van der Waals surface area contributed by atoms with Crippen LogP contribution in [0.1, 0.15) is 11.3 Å². The molecule has 1 N–H and O–H groups in total. The first-order valence-corrected chi connectivity index (χ1v) is 11.3. The average Bonchev–Trinajstić information content (AvgIpc) is 2.72. The molecule has 5 nitrogen and oxygen atoms in total. The molecule has 2 heterocycles. The Hall–Kier alpha value is -2.72. The van der Waals surface area contributed by atoms with Crippen LogP contribution in [-0.2, 0) is 15.6 Å². The zero-order chi connectivity index (χ0) is 22.6. The molecule has 0 amide bonds. The van der Waals surface area contributed by atoms with Gasteiger partial charge >= 0.3 is 0 Å². The summed E-state index contributed by atoms with van der Waals surface area (Å²) in [6.07, 6.45) is -6.92. The Kier molecular flexibility index (Phi) is 5.17. The lowest BCUT2D eigenvalue weighted by molar-refractivity contribution is -0.0776. The number of benzene rings is 2. The number of halogens is 4. The van der Waals surface area contributed by atoms with Crippen LogP contribution in [0.4, 0.5) is 23.2 Å². The zero-order valence-electron chi connectivity index (χ0n) is 16.6. The first kappa shape index (κ1) is 21.5. The average molecular weight is 453 g/mol. The van der Waals surface area contributed by atoms with Crippen LogP contribution in [0.5, 0.6) is 0 Å². The Bertz CT molecular complexity index is 1260. The molecule has 3 aromatic rings. The van der Waals surface area contributed by atoms with Gasteiger partial charge in [-0.15, -0.1) is 0 Å². The molecule has 2 aromatic carbocycles. The van der Waals surface area contributed by atoms with Crippen molar-refractivity contribution in [3.05, 3.63) is 65.9 Å². The number of hydrogen-bond acceptors (Lipinski definition) is 5. The number of para-hydroxylation sites is 1. The minimum Gasteiger partial charge on any atom is -0.297 e. The Morgan fingerprint density at radius 2 is 1.77 bits per heavy atom. The van der Waals surface area contributed by atoms with E-state index in [0.717, 1.165) is 18.4 Å². The Morgan fingerprint density at radius 3 is 2.48 bits per heavy atom. The molecule has 1 aliphatic rings. The first-order valence-electron chi connectivity index (χ1n) is 9.37. The summed E-state index contributed by atoms with van der Waals surface area (Å²) in [5, 5.41) is 1.94. The number of piperazine rings is 1. The molecule has 0 spiro atoms. The number of nitrogens with one attached hydrogen (secondary N) is 1. The standard InChI is InChI=1S/C21H19F4N3O2S/c1-12-10-17(15-8-3-4-9-16(15)26-12)28-19(23)18(22)27-20(24)21(28,25)13-6-5-7-14(11-13)31(2,29)30/h3-11,18-20,27H,1-2H3. The highest BCUT2D eigenvalue weighted by Crippen LogP contribution is 2.46. The highest BCUT2D eigenvalue weighted by atomic mass is 32.2. The van der Waals surface area contributed by atoms with E-state index in [9.17, 15) is 12.8 Å². The number of hydrogen-bond donors (Lipinski definition) is 1. The molecule has 0 bridgehead atoms. The largest absolute Gasteiger partial charge is 0.297 e. The summed E-state index contributed by atoms with van der Waals surface area (Å²) >= 11 is 0. The number of fused-ring (bicyclic) bond motifs is 1. The van der Waals surface area contributed by atoms with E-state index in [-0.39, 0.29) is 10.6 Å². The van der Waals surface area contributed by atoms with E-state index in [1.54, 1.807) is 36.5 Å². The number of sulfone groups is 1. The van der Waals surface area contributed by atoms with E-state index in [2.05, 4.69) is 4.98 Å². The van der Waals surface area contributed by atoms with Crippen molar-refractivity contribution in [2.45, 2.75) is 36.5 Å². The van der Waals surface area contributed by atoms with Gasteiger partial charge in [0.2, 0.25) is 18.9 Å². The van der Waals surface area contributed by atoms with Gasteiger partial charge in [-0.25, -0.2) is 31.3 Å². The molecule has 0 radical (unpaired) electrons. The summed E-state index contributed by atoms with van der Waals surface area (Å²) < 4.78 is 85.1. The van der Waals surface area contributed by atoms with Crippen LogP contribution >= 0.6 is 0 Å². The van der Waals surface area contributed by atoms with Crippen LogP contribution in [0, 0.1) is 6.92 Å². The number of anilines is 1. The molecule has 164 valence electrons. The number of rotatable bonds is 3. The predicted octanol–water partition coefficient (Wildman–Crippen LogP) is 4.07. The smallest absolute Gasteiger partial charge is 0.256 e. The van der Waals surface area contributed by atoms with Crippen LogP contribution in [0.15, 0.2) is 59.5 Å². The summed E-state index contributed by atoms with van der Waals surface area (Å²) in [5.41, 5.74) is 0.206. The third-order valence-corrected chi connectivity index (χ3v) is 6.34. The Morgan fingerprint density at radius 1 is 1.06 bits per heavy atom. The van der Waals surface area contributed by atoms with Crippen molar-refractivity contribution in [3.63, 3.8) is 0 Å². The minimum atomic E-state index is -3.76. The molecular weight excluding hydrogens is 434 g/mol. The van der Waals surface area contributed by atoms with Crippen molar-refractivity contribution in [2.75, 3.05) is 11.2 Å². The maximum Gasteiger partial charge on any atom is 0.256 e. The van der Waals surface area contributed by atoms with Crippen LogP contribution in [0.3, 0.4) is 0 Å². The van der Waals surface area contributed by atoms with E-state index in [1.165, 1.54) is 18.2 Å². The van der Waals surface area contributed by atoms with Crippen molar-refractivity contribution < 1.29 is 26.0 Å². The third kappa shape index (κ3) is 3.53. The second-order valence-electron chi connectivity index (χ2n) is 7.45. The van der Waals surface area contributed by atoms with Crippen molar-refractivity contribution in [3.8, 4) is 0 Å². The van der Waals surface area contributed by atoms with Gasteiger partial charge in [0.1, 0.15) is 0 Å². The van der Waals surface area contributed by atoms with E-state index < -0.39 is 40.1 Å². The van der Waals surface area contributed by atoms with Gasteiger partial charge in [-0.05, 0) is 31.2 Å². The molecule has 4 unspecified atom stereocenters. The van der Waals surface area contributed by atoms with Crippen molar-refractivity contribution >= 4 is 26.4 Å². The highest BCUT2D eigenvalue weighted by Gasteiger charge is 2.57. The van der Waals surface area contributed by atoms with Gasteiger partial charge in [0.05, 0.1) is 16.1 Å². The number of alkyl halides is 4. The number of aromatic nitrogens is 1. The number of aryl methyl sites for hydroxylation is 1. The van der Waals surface area contributed by atoms with Crippen LogP contribution in [0.2, 0.25) is 0 Å². The molecule has 1 saturated heterocycles. The maximum absolute atomic E-state index is 16.6. The zero-order valence-corrected chi connectivity index (χ0v) is 17.4. The van der Waals surface area contributed by atoms with Crippen LogP contribution in [-0.4, -0.2) is 38.5 Å². The summed E-state index contributed by atoms with van der Waals surface area (Å²) in [6, 6.07) is 12.3. The Labute approximate surface area is 176 Å². The maximum atomic E-state index is 16.6. The number of nitrogens with zero attached hydrogens (tertiary/aromatic N) is 2. The summed E-state index contributed by atoms with van der Waals surface area (Å²) in [4.78, 5) is 4.42. The van der Waals surface area contributed by atoms with Gasteiger partial charge in [-0.2, -0.15) is 0 Å². The highest BCUT2D eigenvalue weighted by molar-refractivity contribution is 7.90. The van der Waals surface area contributed by atoms with Gasteiger partial charge in [0.15, 0.2) is 9.84 Å². The monoisotopic (exact) mass is 453 g/mol. The molecular formula is C21H19F4N3O2S. The molecule has 10 heteroatoms. The van der Waals surface area contributed by atoms with E-state index >= 15 is 13.2 Å². The summed E-state index contributed by atoms with van der Waals surface area (Å²) in [5.74, 6) is -3.25. The van der Waals surface area contributed by atoms with Gasteiger partial charge in [-0.3, -0.25) is 9.88 Å². The van der Waals surface area contributed by atoms with Crippen LogP contribution in [0.25, 0.3) is 10.9 Å². The lowest BCUT2D eigenvalue weighted by Crippen LogP contribution is -2.68. The Balaban J connectivity index is 2.01. The van der Waals surface area contributed by atoms with Gasteiger partial charge in [0.25, 0.3) is 5.79 Å². The van der Waals surface area contributed by atoms with Gasteiger partial charge in [0, 0.05) is 22.9 Å². The third-order valence-electron chi connectivity index (χ3n) is 5.23. The van der Waals surface area contributed by atoms with Crippen molar-refractivity contribution in [2.24, 2.45) is 0 Å². The summed E-state index contributed by atoms with van der Waals surface area (Å²) in [6.45, 7) is 1.59. The lowest BCUT2D eigenvalue weighted by Gasteiger charge is -2.48. The molecule has 31 heavy (non-hydrogen) atoms. The SMILES string of the molecule is Cc1cc(N2C(F)C(F)NC(F)C2(F)c2cccc(S(C)(=O)=O)c2)c2ccccc2n1. The van der Waals surface area contributed by atoms with E-state index in [1.807, 2.05) is 0 Å². The molecule has 0 aliphatic carbocycles. The molecule has 1 aromatic heterocycles. The quantitative estimate of drug-likeness (QED) is 0.479. The molecule has 4 atom stereocenters. The second kappa shape index (κ2) is 7.45. The second-order valence-corrected chi connectivity index (χ2v) is 9.46. The molecule has 1 fully saturated rings. The normalized spacial score (nSPS) is 26.9. The van der Waals surface area contributed by atoms with Crippen molar-refractivity contribution in [1.82, 2.24) is 10.3 Å².